The van der Waals surface area contributed by atoms with E-state index in [4.69, 9.17) is 0 Å². The Labute approximate surface area is 141 Å². The molecule has 3 rings (SSSR count). The van der Waals surface area contributed by atoms with Crippen molar-refractivity contribution in [3.63, 3.8) is 0 Å². The van der Waals surface area contributed by atoms with E-state index < -0.39 is 0 Å². The zero-order valence-corrected chi connectivity index (χ0v) is 14.4. The monoisotopic (exact) mass is 313 g/mol. The standard InChI is InChI=1S/C21H31NO/c23-21(10-6-2-5-9-18-7-3-1-4-8-18)22(17-20-13-14-20)16-15-19-11-12-19/h1,3-4,7-8,19-20H,2,5-6,9-17H2. The largest absolute Gasteiger partial charge is 0.342 e. The molecule has 0 N–H and O–H groups in total. The van der Waals surface area contributed by atoms with Gasteiger partial charge in [-0.15, -0.1) is 0 Å². The van der Waals surface area contributed by atoms with Gasteiger partial charge in [0.2, 0.25) is 5.91 Å². The Morgan fingerprint density at radius 1 is 0.957 bits per heavy atom. The fraction of sp³-hybridized carbons (Fsp3) is 0.667. The first-order valence-corrected chi connectivity index (χ1v) is 9.63. The normalized spacial score (nSPS) is 17.2. The highest BCUT2D eigenvalue weighted by Gasteiger charge is 2.28. The molecular formula is C21H31NO. The third-order valence-corrected chi connectivity index (χ3v) is 5.23. The molecule has 2 heteroatoms. The van der Waals surface area contributed by atoms with Gasteiger partial charge in [0.25, 0.3) is 0 Å². The van der Waals surface area contributed by atoms with Crippen LogP contribution in [0.3, 0.4) is 0 Å². The van der Waals surface area contributed by atoms with Gasteiger partial charge in [0.05, 0.1) is 0 Å². The van der Waals surface area contributed by atoms with Crippen molar-refractivity contribution >= 4 is 5.91 Å². The number of hydrogen-bond acceptors (Lipinski definition) is 1. The number of benzene rings is 1. The van der Waals surface area contributed by atoms with E-state index in [0.717, 1.165) is 44.2 Å². The molecule has 0 aromatic heterocycles. The molecule has 2 fully saturated rings. The maximum Gasteiger partial charge on any atom is 0.222 e. The molecule has 1 aromatic carbocycles. The van der Waals surface area contributed by atoms with Crippen molar-refractivity contribution in [1.29, 1.82) is 0 Å². The highest BCUT2D eigenvalue weighted by molar-refractivity contribution is 5.76. The number of carbonyl (C=O) groups excluding carboxylic acids is 1. The summed E-state index contributed by atoms with van der Waals surface area (Å²) in [4.78, 5) is 14.7. The number of hydrogen-bond donors (Lipinski definition) is 0. The molecule has 1 amide bonds. The zero-order valence-electron chi connectivity index (χ0n) is 14.4. The molecule has 126 valence electrons. The summed E-state index contributed by atoms with van der Waals surface area (Å²) in [5.41, 5.74) is 1.42. The van der Waals surface area contributed by atoms with Crippen molar-refractivity contribution in [2.24, 2.45) is 11.8 Å². The van der Waals surface area contributed by atoms with Crippen LogP contribution in [0.25, 0.3) is 0 Å². The number of amides is 1. The zero-order chi connectivity index (χ0) is 15.9. The summed E-state index contributed by atoms with van der Waals surface area (Å²) in [7, 11) is 0. The summed E-state index contributed by atoms with van der Waals surface area (Å²) < 4.78 is 0. The number of carbonyl (C=O) groups is 1. The summed E-state index contributed by atoms with van der Waals surface area (Å²) in [6.07, 6.45) is 12.0. The van der Waals surface area contributed by atoms with E-state index in [-0.39, 0.29) is 0 Å². The first-order valence-electron chi connectivity index (χ1n) is 9.63. The lowest BCUT2D eigenvalue weighted by molar-refractivity contribution is -0.131. The average molecular weight is 313 g/mol. The van der Waals surface area contributed by atoms with E-state index in [9.17, 15) is 4.79 Å². The van der Waals surface area contributed by atoms with Gasteiger partial charge < -0.3 is 4.90 Å². The molecule has 2 aliphatic carbocycles. The lowest BCUT2D eigenvalue weighted by atomic mass is 10.1. The minimum absolute atomic E-state index is 0.414. The van der Waals surface area contributed by atoms with Crippen molar-refractivity contribution in [2.75, 3.05) is 13.1 Å². The Bertz CT molecular complexity index is 476. The van der Waals surface area contributed by atoms with Crippen LogP contribution in [-0.4, -0.2) is 23.9 Å². The van der Waals surface area contributed by atoms with Crippen LogP contribution in [0.1, 0.15) is 63.4 Å². The van der Waals surface area contributed by atoms with Gasteiger partial charge in [0.15, 0.2) is 0 Å². The maximum atomic E-state index is 12.5. The Balaban J connectivity index is 1.31. The molecule has 0 aliphatic heterocycles. The Morgan fingerprint density at radius 2 is 1.70 bits per heavy atom. The molecule has 1 aromatic rings. The topological polar surface area (TPSA) is 20.3 Å². The van der Waals surface area contributed by atoms with E-state index in [1.165, 1.54) is 50.5 Å². The number of unbranched alkanes of at least 4 members (excludes halogenated alkanes) is 2. The lowest BCUT2D eigenvalue weighted by Gasteiger charge is -2.22. The fourth-order valence-corrected chi connectivity index (χ4v) is 3.26. The molecule has 0 saturated heterocycles. The quantitative estimate of drug-likeness (QED) is 0.536. The van der Waals surface area contributed by atoms with Gasteiger partial charge in [-0.2, -0.15) is 0 Å². The van der Waals surface area contributed by atoms with Crippen LogP contribution in [0.4, 0.5) is 0 Å². The molecule has 0 heterocycles. The first kappa shape index (κ1) is 16.5. The van der Waals surface area contributed by atoms with Crippen molar-refractivity contribution in [3.05, 3.63) is 35.9 Å². The molecule has 0 unspecified atom stereocenters. The summed E-state index contributed by atoms with van der Waals surface area (Å²) in [5, 5.41) is 0. The Hall–Kier alpha value is -1.31. The van der Waals surface area contributed by atoms with E-state index >= 15 is 0 Å². The molecule has 2 saturated carbocycles. The van der Waals surface area contributed by atoms with Crippen LogP contribution in [-0.2, 0) is 11.2 Å². The second-order valence-corrected chi connectivity index (χ2v) is 7.56. The molecule has 2 nitrogen and oxygen atoms in total. The summed E-state index contributed by atoms with van der Waals surface area (Å²) >= 11 is 0. The molecule has 0 spiro atoms. The predicted octanol–water partition coefficient (Wildman–Crippen LogP) is 4.83. The van der Waals surface area contributed by atoms with E-state index in [2.05, 4.69) is 35.2 Å². The minimum atomic E-state index is 0.414. The second kappa shape index (κ2) is 8.52. The molecule has 0 radical (unpaired) electrons. The van der Waals surface area contributed by atoms with E-state index in [1.807, 2.05) is 0 Å². The third kappa shape index (κ3) is 6.37. The average Bonchev–Trinajstić information content (AvgIpc) is 3.46. The van der Waals surface area contributed by atoms with Crippen LogP contribution < -0.4 is 0 Å². The van der Waals surface area contributed by atoms with Crippen molar-refractivity contribution in [2.45, 2.75) is 64.2 Å². The number of rotatable bonds is 11. The van der Waals surface area contributed by atoms with Gasteiger partial charge in [-0.25, -0.2) is 0 Å². The Morgan fingerprint density at radius 3 is 2.39 bits per heavy atom. The first-order chi connectivity index (χ1) is 11.3. The van der Waals surface area contributed by atoms with E-state index in [1.54, 1.807) is 0 Å². The molecule has 2 aliphatic rings. The summed E-state index contributed by atoms with van der Waals surface area (Å²) in [6, 6.07) is 10.7. The molecule has 23 heavy (non-hydrogen) atoms. The van der Waals surface area contributed by atoms with Crippen LogP contribution >= 0.6 is 0 Å². The fourth-order valence-electron chi connectivity index (χ4n) is 3.26. The number of aryl methyl sites for hydroxylation is 1. The second-order valence-electron chi connectivity index (χ2n) is 7.56. The number of nitrogens with zero attached hydrogens (tertiary/aromatic N) is 1. The minimum Gasteiger partial charge on any atom is -0.342 e. The lowest BCUT2D eigenvalue weighted by Crippen LogP contribution is -2.33. The van der Waals surface area contributed by atoms with E-state index in [0.29, 0.717) is 5.91 Å². The highest BCUT2D eigenvalue weighted by atomic mass is 16.2. The van der Waals surface area contributed by atoms with Gasteiger partial charge in [-0.05, 0) is 55.9 Å². The van der Waals surface area contributed by atoms with Gasteiger partial charge in [0, 0.05) is 19.5 Å². The van der Waals surface area contributed by atoms with Crippen molar-refractivity contribution in [1.82, 2.24) is 4.90 Å². The van der Waals surface area contributed by atoms with Gasteiger partial charge in [0.1, 0.15) is 0 Å². The van der Waals surface area contributed by atoms with Crippen LogP contribution in [0.5, 0.6) is 0 Å². The van der Waals surface area contributed by atoms with Gasteiger partial charge in [-0.3, -0.25) is 4.79 Å². The third-order valence-electron chi connectivity index (χ3n) is 5.23. The highest BCUT2D eigenvalue weighted by Crippen LogP contribution is 2.34. The van der Waals surface area contributed by atoms with Crippen LogP contribution in [0.2, 0.25) is 0 Å². The Kier molecular flexibility index (Phi) is 6.13. The predicted molar refractivity (Wildman–Crippen MR) is 95.3 cm³/mol. The van der Waals surface area contributed by atoms with Crippen LogP contribution in [0.15, 0.2) is 30.3 Å². The SMILES string of the molecule is O=C(CCCCCc1ccccc1)N(CCC1CC1)CC1CC1. The summed E-state index contributed by atoms with van der Waals surface area (Å²) in [5.74, 6) is 2.16. The van der Waals surface area contributed by atoms with Crippen LogP contribution in [0, 0.1) is 11.8 Å². The smallest absolute Gasteiger partial charge is 0.222 e. The summed E-state index contributed by atoms with van der Waals surface area (Å²) in [6.45, 7) is 2.06. The molecule has 0 atom stereocenters. The van der Waals surface area contributed by atoms with Gasteiger partial charge >= 0.3 is 0 Å². The van der Waals surface area contributed by atoms with Gasteiger partial charge in [-0.1, -0.05) is 49.6 Å². The van der Waals surface area contributed by atoms with Crippen molar-refractivity contribution < 1.29 is 4.79 Å². The molecule has 0 bridgehead atoms. The van der Waals surface area contributed by atoms with Crippen molar-refractivity contribution in [3.8, 4) is 0 Å². The molecular weight excluding hydrogens is 282 g/mol. The maximum absolute atomic E-state index is 12.5.